The van der Waals surface area contributed by atoms with Gasteiger partial charge in [0.2, 0.25) is 5.91 Å². The molecule has 1 unspecified atom stereocenters. The summed E-state index contributed by atoms with van der Waals surface area (Å²) < 4.78 is 1.25. The van der Waals surface area contributed by atoms with Crippen molar-refractivity contribution in [3.05, 3.63) is 51.7 Å². The van der Waals surface area contributed by atoms with Crippen molar-refractivity contribution in [3.8, 4) is 0 Å². The molecule has 1 aliphatic rings. The standard InChI is InChI=1S/C21H26N4OS2/c1-16(21(26)22-9-8-17-5-4-14-27-17)25-12-10-24(11-13-25)15-20-23-18-6-2-3-7-19(18)28-20/h2-7,14,16H,8-13,15H2,1H3,(H,22,26). The monoisotopic (exact) mass is 414 g/mol. The largest absolute Gasteiger partial charge is 0.354 e. The van der Waals surface area contributed by atoms with Crippen LogP contribution in [0.15, 0.2) is 41.8 Å². The number of rotatable bonds is 7. The lowest BCUT2D eigenvalue weighted by molar-refractivity contribution is -0.126. The van der Waals surface area contributed by atoms with Crippen LogP contribution in [-0.4, -0.2) is 59.5 Å². The molecular formula is C21H26N4OS2. The van der Waals surface area contributed by atoms with Crippen LogP contribution in [0.1, 0.15) is 16.8 Å². The van der Waals surface area contributed by atoms with Crippen LogP contribution in [0.25, 0.3) is 10.2 Å². The maximum Gasteiger partial charge on any atom is 0.237 e. The lowest BCUT2D eigenvalue weighted by Gasteiger charge is -2.37. The molecule has 1 atom stereocenters. The van der Waals surface area contributed by atoms with Crippen LogP contribution in [0.2, 0.25) is 0 Å². The quantitative estimate of drug-likeness (QED) is 0.645. The van der Waals surface area contributed by atoms with E-state index in [-0.39, 0.29) is 11.9 Å². The molecule has 5 nitrogen and oxygen atoms in total. The highest BCUT2D eigenvalue weighted by molar-refractivity contribution is 7.18. The molecule has 7 heteroatoms. The van der Waals surface area contributed by atoms with E-state index in [9.17, 15) is 4.79 Å². The number of piperazine rings is 1. The number of aromatic nitrogens is 1. The summed E-state index contributed by atoms with van der Waals surface area (Å²) >= 11 is 3.52. The number of hydrogen-bond donors (Lipinski definition) is 1. The van der Waals surface area contributed by atoms with Crippen molar-refractivity contribution in [1.82, 2.24) is 20.1 Å². The summed E-state index contributed by atoms with van der Waals surface area (Å²) in [5.74, 6) is 0.135. The molecule has 148 valence electrons. The second-order valence-corrected chi connectivity index (χ2v) is 9.33. The number of thiophene rings is 1. The number of nitrogens with one attached hydrogen (secondary N) is 1. The van der Waals surface area contributed by atoms with Crippen molar-refractivity contribution in [2.75, 3.05) is 32.7 Å². The van der Waals surface area contributed by atoms with Gasteiger partial charge in [-0.05, 0) is 36.9 Å². The van der Waals surface area contributed by atoms with Gasteiger partial charge in [0, 0.05) is 37.6 Å². The minimum absolute atomic E-state index is 0.0760. The number of hydrogen-bond acceptors (Lipinski definition) is 6. The third kappa shape index (κ3) is 4.78. The van der Waals surface area contributed by atoms with Gasteiger partial charge in [-0.2, -0.15) is 0 Å². The molecule has 1 fully saturated rings. The van der Waals surface area contributed by atoms with Crippen LogP contribution in [0.5, 0.6) is 0 Å². The van der Waals surface area contributed by atoms with E-state index in [4.69, 9.17) is 4.98 Å². The SMILES string of the molecule is CC(C(=O)NCCc1cccs1)N1CCN(Cc2nc3ccccc3s2)CC1. The molecule has 3 aromatic rings. The first-order chi connectivity index (χ1) is 13.7. The maximum atomic E-state index is 12.5. The first kappa shape index (κ1) is 19.5. The first-order valence-corrected chi connectivity index (χ1v) is 11.5. The summed E-state index contributed by atoms with van der Waals surface area (Å²) in [5.41, 5.74) is 1.09. The highest BCUT2D eigenvalue weighted by Gasteiger charge is 2.25. The fourth-order valence-corrected chi connectivity index (χ4v) is 5.28. The van der Waals surface area contributed by atoms with E-state index in [0.29, 0.717) is 6.54 Å². The normalized spacial score (nSPS) is 17.0. The summed E-state index contributed by atoms with van der Waals surface area (Å²) in [4.78, 5) is 23.3. The Morgan fingerprint density at radius 2 is 2.00 bits per heavy atom. The van der Waals surface area contributed by atoms with Gasteiger partial charge >= 0.3 is 0 Å². The van der Waals surface area contributed by atoms with Crippen molar-refractivity contribution in [1.29, 1.82) is 0 Å². The fraction of sp³-hybridized carbons (Fsp3) is 0.429. The molecule has 4 rings (SSSR count). The Labute approximate surface area is 174 Å². The Morgan fingerprint density at radius 1 is 1.18 bits per heavy atom. The predicted octanol–water partition coefficient (Wildman–Crippen LogP) is 3.22. The third-order valence-corrected chi connectivity index (χ3v) is 7.24. The van der Waals surface area contributed by atoms with Gasteiger partial charge < -0.3 is 5.32 Å². The molecule has 0 spiro atoms. The van der Waals surface area contributed by atoms with Crippen molar-refractivity contribution in [2.45, 2.75) is 25.9 Å². The number of fused-ring (bicyclic) bond motifs is 1. The van der Waals surface area contributed by atoms with Crippen molar-refractivity contribution in [3.63, 3.8) is 0 Å². The third-order valence-electron chi connectivity index (χ3n) is 5.28. The molecule has 0 aliphatic carbocycles. The number of amides is 1. The number of thiazole rings is 1. The van der Waals surface area contributed by atoms with Gasteiger partial charge in [-0.3, -0.25) is 14.6 Å². The van der Waals surface area contributed by atoms with E-state index in [2.05, 4.69) is 50.8 Å². The topological polar surface area (TPSA) is 48.5 Å². The Bertz CT molecular complexity index is 867. The number of para-hydroxylation sites is 1. The van der Waals surface area contributed by atoms with Crippen LogP contribution < -0.4 is 5.32 Å². The van der Waals surface area contributed by atoms with Gasteiger partial charge in [-0.15, -0.1) is 22.7 Å². The number of carbonyl (C=O) groups excluding carboxylic acids is 1. The van der Waals surface area contributed by atoms with Gasteiger partial charge in [0.1, 0.15) is 5.01 Å². The second kappa shape index (κ2) is 9.13. The Kier molecular flexibility index (Phi) is 6.36. The number of benzene rings is 1. The van der Waals surface area contributed by atoms with E-state index in [0.717, 1.165) is 44.7 Å². The lowest BCUT2D eigenvalue weighted by Crippen LogP contribution is -2.53. The van der Waals surface area contributed by atoms with Crippen molar-refractivity contribution in [2.24, 2.45) is 0 Å². The predicted molar refractivity (Wildman–Crippen MR) is 117 cm³/mol. The average molecular weight is 415 g/mol. The van der Waals surface area contributed by atoms with Gasteiger partial charge in [0.05, 0.1) is 22.8 Å². The van der Waals surface area contributed by atoms with Crippen molar-refractivity contribution >= 4 is 38.8 Å². The molecule has 1 N–H and O–H groups in total. The van der Waals surface area contributed by atoms with Crippen molar-refractivity contribution < 1.29 is 4.79 Å². The minimum Gasteiger partial charge on any atom is -0.354 e. The number of carbonyl (C=O) groups is 1. The smallest absolute Gasteiger partial charge is 0.237 e. The zero-order valence-electron chi connectivity index (χ0n) is 16.1. The maximum absolute atomic E-state index is 12.5. The average Bonchev–Trinajstić information content (AvgIpc) is 3.37. The molecule has 1 aromatic carbocycles. The molecule has 1 aliphatic heterocycles. The zero-order chi connectivity index (χ0) is 19.3. The summed E-state index contributed by atoms with van der Waals surface area (Å²) in [5, 5.41) is 6.34. The van der Waals surface area contributed by atoms with E-state index in [1.807, 2.05) is 13.0 Å². The van der Waals surface area contributed by atoms with Gasteiger partial charge in [0.15, 0.2) is 0 Å². The molecule has 0 saturated carbocycles. The Balaban J connectivity index is 1.22. The van der Waals surface area contributed by atoms with Gasteiger partial charge in [0.25, 0.3) is 0 Å². The minimum atomic E-state index is -0.0760. The van der Waals surface area contributed by atoms with E-state index in [1.165, 1.54) is 14.6 Å². The summed E-state index contributed by atoms with van der Waals surface area (Å²) in [6.45, 7) is 7.42. The molecule has 1 saturated heterocycles. The second-order valence-electron chi connectivity index (χ2n) is 7.18. The number of nitrogens with zero attached hydrogens (tertiary/aromatic N) is 3. The molecule has 0 radical (unpaired) electrons. The van der Waals surface area contributed by atoms with Gasteiger partial charge in [-0.1, -0.05) is 18.2 Å². The molecule has 3 heterocycles. The van der Waals surface area contributed by atoms with Crippen LogP contribution in [0.4, 0.5) is 0 Å². The lowest BCUT2D eigenvalue weighted by atomic mass is 10.2. The summed E-state index contributed by atoms with van der Waals surface area (Å²) in [7, 11) is 0. The highest BCUT2D eigenvalue weighted by Crippen LogP contribution is 2.23. The van der Waals surface area contributed by atoms with Crippen LogP contribution in [0.3, 0.4) is 0 Å². The van der Waals surface area contributed by atoms with E-state index >= 15 is 0 Å². The van der Waals surface area contributed by atoms with E-state index in [1.54, 1.807) is 22.7 Å². The molecule has 0 bridgehead atoms. The fourth-order valence-electron chi connectivity index (χ4n) is 3.56. The molecule has 1 amide bonds. The molecular weight excluding hydrogens is 388 g/mol. The molecule has 2 aromatic heterocycles. The zero-order valence-corrected chi connectivity index (χ0v) is 17.8. The summed E-state index contributed by atoms with van der Waals surface area (Å²) in [6, 6.07) is 12.4. The summed E-state index contributed by atoms with van der Waals surface area (Å²) in [6.07, 6.45) is 0.909. The first-order valence-electron chi connectivity index (χ1n) is 9.80. The van der Waals surface area contributed by atoms with E-state index < -0.39 is 0 Å². The van der Waals surface area contributed by atoms with Crippen LogP contribution in [-0.2, 0) is 17.8 Å². The molecule has 28 heavy (non-hydrogen) atoms. The Hall–Kier alpha value is -1.80. The Morgan fingerprint density at radius 3 is 2.75 bits per heavy atom. The van der Waals surface area contributed by atoms with Gasteiger partial charge in [-0.25, -0.2) is 4.98 Å². The van der Waals surface area contributed by atoms with Crippen LogP contribution >= 0.6 is 22.7 Å². The highest BCUT2D eigenvalue weighted by atomic mass is 32.1. The van der Waals surface area contributed by atoms with Crippen LogP contribution in [0, 0.1) is 0 Å².